The Labute approximate surface area is 241 Å². The van der Waals surface area contributed by atoms with Gasteiger partial charge in [0.15, 0.2) is 0 Å². The molecule has 214 valence electrons. The summed E-state index contributed by atoms with van der Waals surface area (Å²) in [6, 6.07) is 11.1. The van der Waals surface area contributed by atoms with Crippen molar-refractivity contribution in [2.24, 2.45) is 5.73 Å². The maximum atomic E-state index is 13.9. The van der Waals surface area contributed by atoms with Crippen molar-refractivity contribution in [1.29, 1.82) is 5.41 Å². The highest BCUT2D eigenvalue weighted by Gasteiger charge is 2.31. The maximum absolute atomic E-state index is 13.9. The van der Waals surface area contributed by atoms with E-state index in [1.165, 1.54) is 24.3 Å². The molecule has 2 aromatic carbocycles. The number of nitrogens with two attached hydrogens (primary N) is 1. The third kappa shape index (κ3) is 6.95. The summed E-state index contributed by atoms with van der Waals surface area (Å²) in [5.74, 6) is -1.16. The molecule has 0 aliphatic carbocycles. The first-order valence-electron chi connectivity index (χ1n) is 13.1. The van der Waals surface area contributed by atoms with Crippen LogP contribution >= 0.6 is 11.3 Å². The van der Waals surface area contributed by atoms with Crippen LogP contribution in [0.5, 0.6) is 0 Å². The van der Waals surface area contributed by atoms with Crippen LogP contribution in [-0.4, -0.2) is 52.6 Å². The first-order valence-corrected chi connectivity index (χ1v) is 13.9. The van der Waals surface area contributed by atoms with Gasteiger partial charge in [0.2, 0.25) is 5.91 Å². The second-order valence-corrected chi connectivity index (χ2v) is 10.9. The molecule has 1 atom stereocenters. The molecule has 0 radical (unpaired) electrons. The van der Waals surface area contributed by atoms with E-state index in [-0.39, 0.29) is 36.2 Å². The first-order chi connectivity index (χ1) is 19.6. The minimum Gasteiger partial charge on any atom is -0.466 e. The molecule has 12 heteroatoms. The van der Waals surface area contributed by atoms with Gasteiger partial charge in [0.25, 0.3) is 11.6 Å². The van der Waals surface area contributed by atoms with Gasteiger partial charge in [-0.3, -0.25) is 29.9 Å². The lowest BCUT2D eigenvalue weighted by atomic mass is 10.00. The first kappa shape index (κ1) is 29.4. The van der Waals surface area contributed by atoms with Gasteiger partial charge in [0, 0.05) is 52.5 Å². The standard InChI is InChI=1S/C29H31N5O6S/c1-3-40-26(35)15-25-17(2)22-16-33(13-12-24(22)41-25)29(37)23(14-18-4-10-21(11-5-18)34(38)39)32-28(36)20-8-6-19(7-9-20)27(30)31/h4-11,23H,3,12-16H2,1-2H3,(H3,30,31)(H,32,36)/t23-/m0/s1. The number of hydrogen-bond acceptors (Lipinski definition) is 8. The van der Waals surface area contributed by atoms with Gasteiger partial charge >= 0.3 is 5.97 Å². The number of hydrogen-bond donors (Lipinski definition) is 3. The van der Waals surface area contributed by atoms with Gasteiger partial charge in [-0.15, -0.1) is 11.3 Å². The lowest BCUT2D eigenvalue weighted by molar-refractivity contribution is -0.384. The Balaban J connectivity index is 1.56. The third-order valence-electron chi connectivity index (χ3n) is 6.98. The lowest BCUT2D eigenvalue weighted by Crippen LogP contribution is -2.50. The Kier molecular flexibility index (Phi) is 9.13. The van der Waals surface area contributed by atoms with Gasteiger partial charge in [-0.2, -0.15) is 0 Å². The number of esters is 1. The molecule has 4 rings (SSSR count). The number of fused-ring (bicyclic) bond motifs is 1. The van der Waals surface area contributed by atoms with E-state index < -0.39 is 16.9 Å². The van der Waals surface area contributed by atoms with E-state index in [1.54, 1.807) is 47.4 Å². The number of carbonyl (C=O) groups is 3. The van der Waals surface area contributed by atoms with E-state index in [1.807, 2.05) is 6.92 Å². The second-order valence-electron chi connectivity index (χ2n) is 9.69. The molecule has 2 heterocycles. The normalized spacial score (nSPS) is 13.2. The predicted octanol–water partition coefficient (Wildman–Crippen LogP) is 3.28. The van der Waals surface area contributed by atoms with E-state index in [2.05, 4.69) is 5.32 Å². The summed E-state index contributed by atoms with van der Waals surface area (Å²) in [7, 11) is 0. The van der Waals surface area contributed by atoms with Crippen LogP contribution in [0.3, 0.4) is 0 Å². The van der Waals surface area contributed by atoms with Crippen molar-refractivity contribution in [3.63, 3.8) is 0 Å². The number of amides is 2. The van der Waals surface area contributed by atoms with Crippen LogP contribution in [0, 0.1) is 22.4 Å². The molecule has 0 unspecified atom stereocenters. The Morgan fingerprint density at radius 2 is 1.80 bits per heavy atom. The Morgan fingerprint density at radius 1 is 1.15 bits per heavy atom. The molecule has 4 N–H and O–H groups in total. The molecule has 0 saturated heterocycles. The molecule has 1 aliphatic heterocycles. The summed E-state index contributed by atoms with van der Waals surface area (Å²) < 4.78 is 5.10. The van der Waals surface area contributed by atoms with Gasteiger partial charge in [0.1, 0.15) is 11.9 Å². The fourth-order valence-electron chi connectivity index (χ4n) is 4.73. The zero-order valence-electron chi connectivity index (χ0n) is 22.8. The molecule has 1 aliphatic rings. The summed E-state index contributed by atoms with van der Waals surface area (Å²) in [6.45, 7) is 4.82. The number of nitrogen functional groups attached to an aromatic ring is 1. The van der Waals surface area contributed by atoms with Crippen LogP contribution in [0.2, 0.25) is 0 Å². The molecule has 41 heavy (non-hydrogen) atoms. The number of non-ortho nitro benzene ring substituents is 1. The smallest absolute Gasteiger partial charge is 0.311 e. The van der Waals surface area contributed by atoms with Crippen molar-refractivity contribution >= 4 is 40.6 Å². The zero-order valence-corrected chi connectivity index (χ0v) is 23.6. The topological polar surface area (TPSA) is 169 Å². The number of nitrogens with zero attached hydrogens (tertiary/aromatic N) is 2. The number of amidine groups is 1. The molecule has 0 saturated carbocycles. The molecule has 11 nitrogen and oxygen atoms in total. The molecule has 0 spiro atoms. The van der Waals surface area contributed by atoms with Gasteiger partial charge in [-0.1, -0.05) is 24.3 Å². The van der Waals surface area contributed by atoms with Crippen LogP contribution in [0.4, 0.5) is 5.69 Å². The highest BCUT2D eigenvalue weighted by Crippen LogP contribution is 2.33. The highest BCUT2D eigenvalue weighted by atomic mass is 32.1. The summed E-state index contributed by atoms with van der Waals surface area (Å²) >= 11 is 1.57. The minimum absolute atomic E-state index is 0.0682. The van der Waals surface area contributed by atoms with Crippen LogP contribution in [0.15, 0.2) is 48.5 Å². The quantitative estimate of drug-likeness (QED) is 0.109. The van der Waals surface area contributed by atoms with Crippen LogP contribution in [-0.2, 0) is 40.1 Å². The van der Waals surface area contributed by atoms with Gasteiger partial charge in [-0.05, 0) is 49.1 Å². The van der Waals surface area contributed by atoms with E-state index in [0.717, 1.165) is 20.9 Å². The Hall–Kier alpha value is -4.58. The number of nitro groups is 1. The number of carbonyl (C=O) groups excluding carboxylic acids is 3. The van der Waals surface area contributed by atoms with Gasteiger partial charge in [0.05, 0.1) is 18.0 Å². The van der Waals surface area contributed by atoms with Crippen molar-refractivity contribution in [1.82, 2.24) is 10.2 Å². The van der Waals surface area contributed by atoms with Crippen LogP contribution in [0.25, 0.3) is 0 Å². The van der Waals surface area contributed by atoms with E-state index >= 15 is 0 Å². The van der Waals surface area contributed by atoms with Gasteiger partial charge in [-0.25, -0.2) is 0 Å². The molecule has 0 fully saturated rings. The predicted molar refractivity (Wildman–Crippen MR) is 154 cm³/mol. The lowest BCUT2D eigenvalue weighted by Gasteiger charge is -2.31. The number of nitrogens with one attached hydrogen (secondary N) is 2. The Morgan fingerprint density at radius 3 is 2.41 bits per heavy atom. The monoisotopic (exact) mass is 577 g/mol. The summed E-state index contributed by atoms with van der Waals surface area (Å²) in [5, 5.41) is 21.5. The number of thiophene rings is 1. The second kappa shape index (κ2) is 12.7. The van der Waals surface area contributed by atoms with Gasteiger partial charge < -0.3 is 20.7 Å². The zero-order chi connectivity index (χ0) is 29.7. The van der Waals surface area contributed by atoms with Crippen molar-refractivity contribution < 1.29 is 24.0 Å². The maximum Gasteiger partial charge on any atom is 0.311 e. The van der Waals surface area contributed by atoms with Crippen molar-refractivity contribution in [2.45, 2.75) is 45.7 Å². The summed E-state index contributed by atoms with van der Waals surface area (Å²) in [4.78, 5) is 53.4. The van der Waals surface area contributed by atoms with E-state index in [4.69, 9.17) is 15.9 Å². The molecular weight excluding hydrogens is 546 g/mol. The molecular formula is C29H31N5O6S. The summed E-state index contributed by atoms with van der Waals surface area (Å²) in [5.41, 5.74) is 8.84. The molecule has 3 aromatic rings. The molecule has 2 amide bonds. The molecule has 1 aromatic heterocycles. The Bertz CT molecular complexity index is 1480. The van der Waals surface area contributed by atoms with Crippen molar-refractivity contribution in [2.75, 3.05) is 13.2 Å². The summed E-state index contributed by atoms with van der Waals surface area (Å²) in [6.07, 6.45) is 0.945. The van der Waals surface area contributed by atoms with E-state index in [0.29, 0.717) is 42.8 Å². The number of nitro benzene ring substituents is 1. The van der Waals surface area contributed by atoms with Crippen molar-refractivity contribution in [3.8, 4) is 0 Å². The fourth-order valence-corrected chi connectivity index (χ4v) is 6.03. The van der Waals surface area contributed by atoms with E-state index in [9.17, 15) is 24.5 Å². The van der Waals surface area contributed by atoms with Crippen LogP contribution < -0.4 is 11.1 Å². The fraction of sp³-hybridized carbons (Fsp3) is 0.310. The van der Waals surface area contributed by atoms with Crippen LogP contribution in [0.1, 0.15) is 49.3 Å². The van der Waals surface area contributed by atoms with Crippen molar-refractivity contribution in [3.05, 3.63) is 96.2 Å². The number of benzene rings is 2. The molecule has 0 bridgehead atoms. The average molecular weight is 578 g/mol. The highest BCUT2D eigenvalue weighted by molar-refractivity contribution is 7.12. The average Bonchev–Trinajstić information content (AvgIpc) is 3.26. The minimum atomic E-state index is -0.934. The number of rotatable bonds is 10. The number of ether oxygens (including phenoxy) is 1. The largest absolute Gasteiger partial charge is 0.466 e. The SMILES string of the molecule is CCOC(=O)Cc1sc2c(c1C)CN(C(=O)[C@H](Cc1ccc([N+](=O)[O-])cc1)NC(=O)c1ccc(C(=N)N)cc1)CC2. The third-order valence-corrected chi connectivity index (χ3v) is 8.38.